The van der Waals surface area contributed by atoms with Gasteiger partial charge in [-0.05, 0) is 30.8 Å². The van der Waals surface area contributed by atoms with E-state index in [9.17, 15) is 5.11 Å². The Kier molecular flexibility index (Phi) is 5.73. The summed E-state index contributed by atoms with van der Waals surface area (Å²) in [6, 6.07) is 7.59. The van der Waals surface area contributed by atoms with E-state index in [0.29, 0.717) is 13.2 Å². The molecular formula is C15H20N2O3. The van der Waals surface area contributed by atoms with E-state index in [2.05, 4.69) is 4.98 Å². The van der Waals surface area contributed by atoms with Gasteiger partial charge in [0.25, 0.3) is 0 Å². The molecule has 0 fully saturated rings. The molecule has 0 aliphatic carbocycles. The number of aliphatic hydroxyl groups excluding tert-OH is 1. The summed E-state index contributed by atoms with van der Waals surface area (Å²) >= 11 is 0. The first-order valence-corrected chi connectivity index (χ1v) is 6.59. The van der Waals surface area contributed by atoms with Gasteiger partial charge in [0.05, 0.1) is 19.0 Å². The summed E-state index contributed by atoms with van der Waals surface area (Å²) in [4.78, 5) is 6.11. The normalized spacial score (nSPS) is 12.8. The van der Waals surface area contributed by atoms with Crippen molar-refractivity contribution >= 4 is 0 Å². The van der Waals surface area contributed by atoms with Gasteiger partial charge in [-0.2, -0.15) is 0 Å². The van der Waals surface area contributed by atoms with Gasteiger partial charge in [-0.1, -0.05) is 6.07 Å². The largest absolute Gasteiger partial charge is 0.467 e. The number of aliphatic hydroxyl groups is 1. The lowest BCUT2D eigenvalue weighted by molar-refractivity contribution is 0.00767. The number of rotatable bonds is 8. The van der Waals surface area contributed by atoms with Crippen LogP contribution in [0.4, 0.5) is 0 Å². The number of hydrogen-bond donors (Lipinski definition) is 1. The summed E-state index contributed by atoms with van der Waals surface area (Å²) in [5.74, 6) is 0.765. The van der Waals surface area contributed by atoms with Crippen LogP contribution in [0.5, 0.6) is 0 Å². The first-order chi connectivity index (χ1) is 9.74. The Labute approximate surface area is 118 Å². The highest BCUT2D eigenvalue weighted by atomic mass is 16.5. The smallest absolute Gasteiger partial charge is 0.129 e. The highest BCUT2D eigenvalue weighted by molar-refractivity contribution is 5.07. The SMILES string of the molecule is CN(Cc1cccnc1)CC(O)COCc1ccco1. The molecule has 0 aliphatic rings. The average Bonchev–Trinajstić information content (AvgIpc) is 2.93. The molecule has 2 heterocycles. The topological polar surface area (TPSA) is 58.7 Å². The minimum Gasteiger partial charge on any atom is -0.467 e. The van der Waals surface area contributed by atoms with E-state index in [1.807, 2.05) is 42.4 Å². The highest BCUT2D eigenvalue weighted by Gasteiger charge is 2.09. The van der Waals surface area contributed by atoms with Gasteiger partial charge < -0.3 is 14.3 Å². The average molecular weight is 276 g/mol. The Balaban J connectivity index is 1.64. The molecule has 20 heavy (non-hydrogen) atoms. The Morgan fingerprint density at radius 2 is 2.30 bits per heavy atom. The molecule has 0 spiro atoms. The van der Waals surface area contributed by atoms with Gasteiger partial charge in [-0.3, -0.25) is 9.88 Å². The van der Waals surface area contributed by atoms with Crippen LogP contribution < -0.4 is 0 Å². The van der Waals surface area contributed by atoms with Gasteiger partial charge in [-0.15, -0.1) is 0 Å². The van der Waals surface area contributed by atoms with Crippen molar-refractivity contribution in [2.24, 2.45) is 0 Å². The molecule has 5 heteroatoms. The third kappa shape index (κ3) is 5.13. The van der Waals surface area contributed by atoms with Crippen LogP contribution in [-0.2, 0) is 17.9 Å². The molecule has 1 atom stereocenters. The van der Waals surface area contributed by atoms with Gasteiger partial charge >= 0.3 is 0 Å². The van der Waals surface area contributed by atoms with E-state index < -0.39 is 6.10 Å². The van der Waals surface area contributed by atoms with Crippen LogP contribution in [-0.4, -0.2) is 41.3 Å². The molecule has 2 aromatic heterocycles. The number of furan rings is 1. The van der Waals surface area contributed by atoms with Crippen molar-refractivity contribution in [2.45, 2.75) is 19.3 Å². The van der Waals surface area contributed by atoms with E-state index >= 15 is 0 Å². The van der Waals surface area contributed by atoms with E-state index in [-0.39, 0.29) is 6.61 Å². The molecule has 0 aromatic carbocycles. The zero-order chi connectivity index (χ0) is 14.2. The lowest BCUT2D eigenvalue weighted by Gasteiger charge is -2.20. The number of hydrogen-bond acceptors (Lipinski definition) is 5. The van der Waals surface area contributed by atoms with Crippen LogP contribution >= 0.6 is 0 Å². The maximum absolute atomic E-state index is 9.91. The van der Waals surface area contributed by atoms with Crippen molar-refractivity contribution in [2.75, 3.05) is 20.2 Å². The summed E-state index contributed by atoms with van der Waals surface area (Å²) in [6.07, 6.45) is 4.67. The number of pyridine rings is 1. The van der Waals surface area contributed by atoms with Crippen molar-refractivity contribution in [3.05, 3.63) is 54.2 Å². The summed E-state index contributed by atoms with van der Waals surface area (Å²) < 4.78 is 10.6. The second-order valence-electron chi connectivity index (χ2n) is 4.81. The predicted octanol–water partition coefficient (Wildman–Crippen LogP) is 1.68. The number of aromatic nitrogens is 1. The summed E-state index contributed by atoms with van der Waals surface area (Å²) in [6.45, 7) is 1.98. The van der Waals surface area contributed by atoms with Gasteiger partial charge in [0, 0.05) is 25.5 Å². The lowest BCUT2D eigenvalue weighted by atomic mass is 10.2. The molecule has 108 valence electrons. The zero-order valence-electron chi connectivity index (χ0n) is 11.6. The van der Waals surface area contributed by atoms with Crippen LogP contribution in [0.15, 0.2) is 47.3 Å². The third-order valence-corrected chi connectivity index (χ3v) is 2.83. The fourth-order valence-electron chi connectivity index (χ4n) is 1.97. The Bertz CT molecular complexity index is 473. The highest BCUT2D eigenvalue weighted by Crippen LogP contribution is 2.04. The van der Waals surface area contributed by atoms with Crippen LogP contribution in [0.25, 0.3) is 0 Å². The second kappa shape index (κ2) is 7.79. The maximum Gasteiger partial charge on any atom is 0.129 e. The second-order valence-corrected chi connectivity index (χ2v) is 4.81. The van der Waals surface area contributed by atoms with Crippen molar-refractivity contribution < 1.29 is 14.3 Å². The van der Waals surface area contributed by atoms with E-state index in [1.54, 1.807) is 12.5 Å². The number of likely N-dealkylation sites (N-methyl/N-ethyl adjacent to an activating group) is 1. The Morgan fingerprint density at radius 3 is 3.00 bits per heavy atom. The summed E-state index contributed by atoms with van der Waals surface area (Å²) in [5.41, 5.74) is 1.12. The maximum atomic E-state index is 9.91. The molecule has 2 aromatic rings. The summed E-state index contributed by atoms with van der Waals surface area (Å²) in [7, 11) is 1.96. The molecule has 0 amide bonds. The zero-order valence-corrected chi connectivity index (χ0v) is 11.6. The molecule has 0 aliphatic heterocycles. The van der Waals surface area contributed by atoms with Crippen LogP contribution in [0.3, 0.4) is 0 Å². The van der Waals surface area contributed by atoms with Crippen LogP contribution in [0, 0.1) is 0 Å². The minimum atomic E-state index is -0.522. The molecule has 2 rings (SSSR count). The number of nitrogens with zero attached hydrogens (tertiary/aromatic N) is 2. The number of ether oxygens (including phenoxy) is 1. The van der Waals surface area contributed by atoms with E-state index in [1.165, 1.54) is 0 Å². The lowest BCUT2D eigenvalue weighted by Crippen LogP contribution is -2.31. The van der Waals surface area contributed by atoms with Crippen molar-refractivity contribution in [3.63, 3.8) is 0 Å². The van der Waals surface area contributed by atoms with Crippen molar-refractivity contribution in [1.29, 1.82) is 0 Å². The molecule has 5 nitrogen and oxygen atoms in total. The molecule has 1 unspecified atom stereocenters. The first kappa shape index (κ1) is 14.7. The molecule has 1 N–H and O–H groups in total. The molecular weight excluding hydrogens is 256 g/mol. The third-order valence-electron chi connectivity index (χ3n) is 2.83. The minimum absolute atomic E-state index is 0.290. The Morgan fingerprint density at radius 1 is 1.40 bits per heavy atom. The Hall–Kier alpha value is -1.69. The molecule has 0 saturated heterocycles. The van der Waals surface area contributed by atoms with E-state index in [4.69, 9.17) is 9.15 Å². The standard InChI is InChI=1S/C15H20N2O3/c1-17(9-13-4-2-6-16-8-13)10-14(18)11-19-12-15-5-3-7-20-15/h2-8,14,18H,9-12H2,1H3. The van der Waals surface area contributed by atoms with Crippen molar-refractivity contribution in [1.82, 2.24) is 9.88 Å². The van der Waals surface area contributed by atoms with Gasteiger partial charge in [-0.25, -0.2) is 0 Å². The quantitative estimate of drug-likeness (QED) is 0.795. The molecule has 0 saturated carbocycles. The van der Waals surface area contributed by atoms with Gasteiger partial charge in [0.1, 0.15) is 12.4 Å². The monoisotopic (exact) mass is 276 g/mol. The molecule has 0 bridgehead atoms. The fraction of sp³-hybridized carbons (Fsp3) is 0.400. The fourth-order valence-corrected chi connectivity index (χ4v) is 1.97. The van der Waals surface area contributed by atoms with Gasteiger partial charge in [0.15, 0.2) is 0 Å². The van der Waals surface area contributed by atoms with Crippen molar-refractivity contribution in [3.8, 4) is 0 Å². The van der Waals surface area contributed by atoms with Gasteiger partial charge in [0.2, 0.25) is 0 Å². The van der Waals surface area contributed by atoms with Crippen LogP contribution in [0.1, 0.15) is 11.3 Å². The summed E-state index contributed by atoms with van der Waals surface area (Å²) in [5, 5.41) is 9.91. The van der Waals surface area contributed by atoms with Crippen LogP contribution in [0.2, 0.25) is 0 Å². The first-order valence-electron chi connectivity index (χ1n) is 6.59. The molecule has 0 radical (unpaired) electrons. The van der Waals surface area contributed by atoms with E-state index in [0.717, 1.165) is 17.9 Å². The predicted molar refractivity (Wildman–Crippen MR) is 74.9 cm³/mol.